The Bertz CT molecular complexity index is 649. The number of ether oxygens (including phenoxy) is 2. The number of rotatable bonds is 3. The van der Waals surface area contributed by atoms with Crippen LogP contribution in [-0.4, -0.2) is 22.5 Å². The molecule has 2 aromatic rings. The van der Waals surface area contributed by atoms with Crippen molar-refractivity contribution in [2.75, 3.05) is 12.1 Å². The van der Waals surface area contributed by atoms with E-state index in [0.717, 1.165) is 0 Å². The number of carbonyl (C=O) groups is 1. The summed E-state index contributed by atoms with van der Waals surface area (Å²) in [5, 5.41) is 7.02. The second-order valence-electron chi connectivity index (χ2n) is 4.78. The van der Waals surface area contributed by atoms with Crippen molar-refractivity contribution in [3.8, 4) is 11.5 Å². The number of nitrogens with one attached hydrogen (secondary N) is 1. The molecule has 6 heteroatoms. The molecule has 0 saturated carbocycles. The van der Waals surface area contributed by atoms with Gasteiger partial charge in [0.2, 0.25) is 6.79 Å². The molecule has 0 aliphatic carbocycles. The highest BCUT2D eigenvalue weighted by molar-refractivity contribution is 6.04. The van der Waals surface area contributed by atoms with Gasteiger partial charge in [-0.15, -0.1) is 0 Å². The zero-order valence-electron chi connectivity index (χ0n) is 11.3. The standard InChI is InChI=1S/C14H15N3O3/c1-9(2)17-13(5-6-15-17)16-14(18)10-3-4-11-12(7-10)20-8-19-11/h3-7,9H,8H2,1-2H3,(H,16,18). The van der Waals surface area contributed by atoms with Gasteiger partial charge in [0.15, 0.2) is 11.5 Å². The third-order valence-electron chi connectivity index (χ3n) is 3.04. The van der Waals surface area contributed by atoms with Crippen LogP contribution < -0.4 is 14.8 Å². The minimum atomic E-state index is -0.203. The van der Waals surface area contributed by atoms with Crippen LogP contribution in [-0.2, 0) is 0 Å². The van der Waals surface area contributed by atoms with Gasteiger partial charge in [0.1, 0.15) is 5.82 Å². The molecule has 2 heterocycles. The number of nitrogens with zero attached hydrogens (tertiary/aromatic N) is 2. The molecule has 1 aliphatic heterocycles. The highest BCUT2D eigenvalue weighted by atomic mass is 16.7. The smallest absolute Gasteiger partial charge is 0.256 e. The zero-order valence-corrected chi connectivity index (χ0v) is 11.3. The quantitative estimate of drug-likeness (QED) is 0.932. The molecule has 0 atom stereocenters. The van der Waals surface area contributed by atoms with Crippen molar-refractivity contribution in [1.82, 2.24) is 9.78 Å². The fraction of sp³-hybridized carbons (Fsp3) is 0.286. The van der Waals surface area contributed by atoms with Crippen molar-refractivity contribution >= 4 is 11.7 Å². The van der Waals surface area contributed by atoms with Crippen LogP contribution >= 0.6 is 0 Å². The number of anilines is 1. The predicted octanol–water partition coefficient (Wildman–Crippen LogP) is 2.45. The number of fused-ring (bicyclic) bond motifs is 1. The van der Waals surface area contributed by atoms with Crippen LogP contribution in [0.4, 0.5) is 5.82 Å². The van der Waals surface area contributed by atoms with E-state index in [1.807, 2.05) is 13.8 Å². The molecule has 3 rings (SSSR count). The van der Waals surface area contributed by atoms with Gasteiger partial charge < -0.3 is 14.8 Å². The normalized spacial score (nSPS) is 12.8. The lowest BCUT2D eigenvalue weighted by Crippen LogP contribution is -2.16. The molecule has 0 saturated heterocycles. The third-order valence-corrected chi connectivity index (χ3v) is 3.04. The topological polar surface area (TPSA) is 65.4 Å². The van der Waals surface area contributed by atoms with Gasteiger partial charge in [0.25, 0.3) is 5.91 Å². The summed E-state index contributed by atoms with van der Waals surface area (Å²) in [6.45, 7) is 4.20. The Morgan fingerprint density at radius 3 is 2.90 bits per heavy atom. The minimum Gasteiger partial charge on any atom is -0.454 e. The van der Waals surface area contributed by atoms with Crippen LogP contribution in [0.15, 0.2) is 30.5 Å². The van der Waals surface area contributed by atoms with Gasteiger partial charge in [-0.3, -0.25) is 4.79 Å². The largest absolute Gasteiger partial charge is 0.454 e. The Hall–Kier alpha value is -2.50. The summed E-state index contributed by atoms with van der Waals surface area (Å²) in [5.41, 5.74) is 0.519. The van der Waals surface area contributed by atoms with E-state index < -0.39 is 0 Å². The molecule has 104 valence electrons. The van der Waals surface area contributed by atoms with E-state index in [2.05, 4.69) is 10.4 Å². The molecule has 0 fully saturated rings. The monoisotopic (exact) mass is 273 g/mol. The zero-order chi connectivity index (χ0) is 14.1. The molecule has 1 aromatic carbocycles. The maximum Gasteiger partial charge on any atom is 0.256 e. The van der Waals surface area contributed by atoms with Crippen LogP contribution in [0.1, 0.15) is 30.2 Å². The Morgan fingerprint density at radius 2 is 2.10 bits per heavy atom. The molecular weight excluding hydrogens is 258 g/mol. The lowest BCUT2D eigenvalue weighted by molar-refractivity contribution is 0.102. The maximum absolute atomic E-state index is 12.2. The van der Waals surface area contributed by atoms with Gasteiger partial charge in [-0.25, -0.2) is 4.68 Å². The molecule has 1 aliphatic rings. The van der Waals surface area contributed by atoms with Crippen LogP contribution in [0.5, 0.6) is 11.5 Å². The van der Waals surface area contributed by atoms with Crippen molar-refractivity contribution in [2.24, 2.45) is 0 Å². The van der Waals surface area contributed by atoms with Gasteiger partial charge in [-0.1, -0.05) is 0 Å². The van der Waals surface area contributed by atoms with Crippen LogP contribution in [0, 0.1) is 0 Å². The second kappa shape index (κ2) is 4.88. The van der Waals surface area contributed by atoms with Crippen molar-refractivity contribution < 1.29 is 14.3 Å². The summed E-state index contributed by atoms with van der Waals surface area (Å²) < 4.78 is 12.2. The number of amides is 1. The molecule has 0 bridgehead atoms. The number of benzene rings is 1. The first-order valence-electron chi connectivity index (χ1n) is 6.39. The molecule has 0 radical (unpaired) electrons. The van der Waals surface area contributed by atoms with E-state index in [9.17, 15) is 4.79 Å². The Kier molecular flexibility index (Phi) is 3.06. The predicted molar refractivity (Wildman–Crippen MR) is 73.1 cm³/mol. The van der Waals surface area contributed by atoms with Crippen molar-refractivity contribution in [3.05, 3.63) is 36.0 Å². The molecule has 1 amide bonds. The van der Waals surface area contributed by atoms with Crippen molar-refractivity contribution in [1.29, 1.82) is 0 Å². The van der Waals surface area contributed by atoms with Crippen LogP contribution in [0.3, 0.4) is 0 Å². The lowest BCUT2D eigenvalue weighted by Gasteiger charge is -2.11. The molecule has 20 heavy (non-hydrogen) atoms. The summed E-state index contributed by atoms with van der Waals surface area (Å²) >= 11 is 0. The van der Waals surface area contributed by atoms with Gasteiger partial charge in [0.05, 0.1) is 6.20 Å². The molecule has 6 nitrogen and oxygen atoms in total. The fourth-order valence-corrected chi connectivity index (χ4v) is 2.05. The van der Waals surface area contributed by atoms with Gasteiger partial charge in [0, 0.05) is 17.7 Å². The first kappa shape index (κ1) is 12.5. The average molecular weight is 273 g/mol. The van der Waals surface area contributed by atoms with E-state index >= 15 is 0 Å². The number of carbonyl (C=O) groups excluding carboxylic acids is 1. The van der Waals surface area contributed by atoms with E-state index in [1.165, 1.54) is 0 Å². The highest BCUT2D eigenvalue weighted by Gasteiger charge is 2.17. The summed E-state index contributed by atoms with van der Waals surface area (Å²) in [6.07, 6.45) is 1.66. The third kappa shape index (κ3) is 2.20. The van der Waals surface area contributed by atoms with Crippen LogP contribution in [0.2, 0.25) is 0 Å². The number of hydrogen-bond donors (Lipinski definition) is 1. The summed E-state index contributed by atoms with van der Waals surface area (Å²) in [4.78, 5) is 12.2. The van der Waals surface area contributed by atoms with E-state index in [-0.39, 0.29) is 18.7 Å². The molecule has 0 spiro atoms. The molecular formula is C14H15N3O3. The van der Waals surface area contributed by atoms with E-state index in [4.69, 9.17) is 9.47 Å². The maximum atomic E-state index is 12.2. The van der Waals surface area contributed by atoms with Gasteiger partial charge >= 0.3 is 0 Å². The summed E-state index contributed by atoms with van der Waals surface area (Å²) in [5.74, 6) is 1.72. The summed E-state index contributed by atoms with van der Waals surface area (Å²) in [6, 6.07) is 7.06. The average Bonchev–Trinajstić information content (AvgIpc) is 3.05. The second-order valence-corrected chi connectivity index (χ2v) is 4.78. The Morgan fingerprint density at radius 1 is 1.30 bits per heavy atom. The Balaban J connectivity index is 1.81. The minimum absolute atomic E-state index is 0.178. The fourth-order valence-electron chi connectivity index (χ4n) is 2.05. The number of hydrogen-bond acceptors (Lipinski definition) is 4. The highest BCUT2D eigenvalue weighted by Crippen LogP contribution is 2.32. The number of aromatic nitrogens is 2. The lowest BCUT2D eigenvalue weighted by atomic mass is 10.2. The van der Waals surface area contributed by atoms with Gasteiger partial charge in [-0.05, 0) is 32.0 Å². The van der Waals surface area contributed by atoms with Gasteiger partial charge in [-0.2, -0.15) is 5.10 Å². The molecule has 0 unspecified atom stereocenters. The SMILES string of the molecule is CC(C)n1nccc1NC(=O)c1ccc2c(c1)OCO2. The molecule has 1 aromatic heterocycles. The Labute approximate surface area is 116 Å². The van der Waals surface area contributed by atoms with Crippen molar-refractivity contribution in [3.63, 3.8) is 0 Å². The van der Waals surface area contributed by atoms with Crippen molar-refractivity contribution in [2.45, 2.75) is 19.9 Å². The van der Waals surface area contributed by atoms with E-state index in [0.29, 0.717) is 22.9 Å². The molecule has 1 N–H and O–H groups in total. The first-order chi connectivity index (χ1) is 9.65. The first-order valence-corrected chi connectivity index (χ1v) is 6.39. The van der Waals surface area contributed by atoms with E-state index in [1.54, 1.807) is 35.1 Å². The van der Waals surface area contributed by atoms with Crippen LogP contribution in [0.25, 0.3) is 0 Å². The summed E-state index contributed by atoms with van der Waals surface area (Å²) in [7, 11) is 0.